The molecule has 0 unspecified atom stereocenters. The van der Waals surface area contributed by atoms with E-state index in [9.17, 15) is 4.79 Å². The van der Waals surface area contributed by atoms with E-state index in [1.807, 2.05) is 0 Å². The van der Waals surface area contributed by atoms with Gasteiger partial charge < -0.3 is 10.1 Å². The van der Waals surface area contributed by atoms with E-state index in [2.05, 4.69) is 15.3 Å². The first-order valence-corrected chi connectivity index (χ1v) is 6.51. The van der Waals surface area contributed by atoms with Crippen molar-refractivity contribution in [2.75, 3.05) is 25.1 Å². The molecule has 2 aliphatic rings. The normalized spacial score (nSPS) is 16.9. The van der Waals surface area contributed by atoms with Crippen molar-refractivity contribution in [2.24, 2.45) is 7.05 Å². The molecular formula is C12H17N5O2. The van der Waals surface area contributed by atoms with E-state index in [4.69, 9.17) is 4.74 Å². The van der Waals surface area contributed by atoms with Gasteiger partial charge in [-0.1, -0.05) is 0 Å². The lowest BCUT2D eigenvalue weighted by Gasteiger charge is -2.13. The SMILES string of the molecule is C1CCOC1.Cn1c(=O)n2c3c(ncnc31)NCC2. The van der Waals surface area contributed by atoms with Gasteiger partial charge in [0, 0.05) is 33.4 Å². The lowest BCUT2D eigenvalue weighted by molar-refractivity contribution is 0.198. The molecule has 0 saturated carbocycles. The summed E-state index contributed by atoms with van der Waals surface area (Å²) in [4.78, 5) is 19.9. The Morgan fingerprint density at radius 1 is 1.32 bits per heavy atom. The summed E-state index contributed by atoms with van der Waals surface area (Å²) >= 11 is 0. The van der Waals surface area contributed by atoms with Crippen molar-refractivity contribution in [3.63, 3.8) is 0 Å². The Morgan fingerprint density at radius 3 is 2.79 bits per heavy atom. The lowest BCUT2D eigenvalue weighted by atomic mass is 10.4. The van der Waals surface area contributed by atoms with E-state index in [1.165, 1.54) is 19.2 Å². The standard InChI is InChI=1S/C8H9N5O.C4H8O/c1-12-7-5-6(10-4-11-7)9-2-3-13(5)8(12)14;1-2-4-5-3-1/h4H,2-3H2,1H3,(H,9,10,11);1-4H2. The summed E-state index contributed by atoms with van der Waals surface area (Å²) in [6.45, 7) is 3.42. The molecule has 102 valence electrons. The molecule has 0 amide bonds. The highest BCUT2D eigenvalue weighted by molar-refractivity contribution is 5.84. The number of imidazole rings is 1. The van der Waals surface area contributed by atoms with Crippen LogP contribution in [0.5, 0.6) is 0 Å². The minimum absolute atomic E-state index is 0.0248. The molecule has 1 fully saturated rings. The molecule has 4 heterocycles. The zero-order valence-corrected chi connectivity index (χ0v) is 10.9. The molecule has 0 bridgehead atoms. The summed E-state index contributed by atoms with van der Waals surface area (Å²) in [5, 5.41) is 3.14. The first-order valence-electron chi connectivity index (χ1n) is 6.51. The van der Waals surface area contributed by atoms with Crippen molar-refractivity contribution in [1.29, 1.82) is 0 Å². The van der Waals surface area contributed by atoms with Crippen molar-refractivity contribution in [1.82, 2.24) is 19.1 Å². The van der Waals surface area contributed by atoms with Crippen molar-refractivity contribution < 1.29 is 4.74 Å². The van der Waals surface area contributed by atoms with Crippen LogP contribution in [-0.2, 0) is 18.3 Å². The zero-order chi connectivity index (χ0) is 13.2. The highest BCUT2D eigenvalue weighted by atomic mass is 16.5. The third kappa shape index (κ3) is 2.10. The molecule has 7 nitrogen and oxygen atoms in total. The molecule has 0 aromatic carbocycles. The van der Waals surface area contributed by atoms with Gasteiger partial charge in [-0.2, -0.15) is 0 Å². The average Bonchev–Trinajstić information content (AvgIpc) is 3.09. The first kappa shape index (κ1) is 12.2. The van der Waals surface area contributed by atoms with Crippen LogP contribution in [0.25, 0.3) is 11.2 Å². The van der Waals surface area contributed by atoms with E-state index in [0.717, 1.165) is 31.1 Å². The van der Waals surface area contributed by atoms with Crippen molar-refractivity contribution in [2.45, 2.75) is 19.4 Å². The second kappa shape index (κ2) is 5.00. The highest BCUT2D eigenvalue weighted by Crippen LogP contribution is 2.20. The molecule has 0 aliphatic carbocycles. The molecular weight excluding hydrogens is 246 g/mol. The van der Waals surface area contributed by atoms with Crippen LogP contribution in [0.4, 0.5) is 5.82 Å². The van der Waals surface area contributed by atoms with Gasteiger partial charge in [0.25, 0.3) is 0 Å². The molecule has 2 aromatic heterocycles. The van der Waals surface area contributed by atoms with E-state index in [-0.39, 0.29) is 5.69 Å². The monoisotopic (exact) mass is 263 g/mol. The third-order valence-electron chi connectivity index (χ3n) is 3.36. The van der Waals surface area contributed by atoms with Crippen LogP contribution in [0.1, 0.15) is 12.8 Å². The zero-order valence-electron chi connectivity index (χ0n) is 10.9. The van der Waals surface area contributed by atoms with Gasteiger partial charge in [-0.05, 0) is 12.8 Å². The Hall–Kier alpha value is -1.89. The molecule has 4 rings (SSSR count). The number of anilines is 1. The summed E-state index contributed by atoms with van der Waals surface area (Å²) in [7, 11) is 1.73. The van der Waals surface area contributed by atoms with Crippen LogP contribution in [-0.4, -0.2) is 38.9 Å². The number of hydrogen-bond donors (Lipinski definition) is 1. The molecule has 1 saturated heterocycles. The Labute approximate surface area is 110 Å². The number of ether oxygens (including phenoxy) is 1. The summed E-state index contributed by atoms with van der Waals surface area (Å²) in [6, 6.07) is 0. The van der Waals surface area contributed by atoms with Crippen LogP contribution < -0.4 is 11.0 Å². The van der Waals surface area contributed by atoms with Crippen LogP contribution in [0.3, 0.4) is 0 Å². The van der Waals surface area contributed by atoms with Crippen LogP contribution >= 0.6 is 0 Å². The number of aryl methyl sites for hydroxylation is 1. The smallest absolute Gasteiger partial charge is 0.330 e. The summed E-state index contributed by atoms with van der Waals surface area (Å²) in [5.41, 5.74) is 1.47. The van der Waals surface area contributed by atoms with Crippen molar-refractivity contribution in [3.05, 3.63) is 16.8 Å². The number of nitrogens with one attached hydrogen (secondary N) is 1. The molecule has 7 heteroatoms. The Morgan fingerprint density at radius 2 is 2.11 bits per heavy atom. The number of hydrogen-bond acceptors (Lipinski definition) is 5. The molecule has 1 N–H and O–H groups in total. The molecule has 0 spiro atoms. The molecule has 0 radical (unpaired) electrons. The van der Waals surface area contributed by atoms with Gasteiger partial charge in [0.2, 0.25) is 0 Å². The van der Waals surface area contributed by atoms with Gasteiger partial charge in [-0.3, -0.25) is 9.13 Å². The lowest BCUT2D eigenvalue weighted by Crippen LogP contribution is -2.27. The first-order chi connectivity index (χ1) is 9.29. The van der Waals surface area contributed by atoms with E-state index in [1.54, 1.807) is 16.2 Å². The van der Waals surface area contributed by atoms with Gasteiger partial charge >= 0.3 is 5.69 Å². The van der Waals surface area contributed by atoms with Gasteiger partial charge in [-0.25, -0.2) is 14.8 Å². The minimum Gasteiger partial charge on any atom is -0.381 e. The predicted octanol–water partition coefficient (Wildman–Crippen LogP) is 0.352. The van der Waals surface area contributed by atoms with Gasteiger partial charge in [-0.15, -0.1) is 0 Å². The predicted molar refractivity (Wildman–Crippen MR) is 71.3 cm³/mol. The molecule has 19 heavy (non-hydrogen) atoms. The largest absolute Gasteiger partial charge is 0.381 e. The van der Waals surface area contributed by atoms with Crippen LogP contribution in [0.2, 0.25) is 0 Å². The number of rotatable bonds is 0. The topological polar surface area (TPSA) is 74.0 Å². The second-order valence-electron chi connectivity index (χ2n) is 4.63. The maximum absolute atomic E-state index is 11.7. The average molecular weight is 263 g/mol. The van der Waals surface area contributed by atoms with Crippen molar-refractivity contribution in [3.8, 4) is 0 Å². The fourth-order valence-electron chi connectivity index (χ4n) is 2.36. The number of nitrogens with zero attached hydrogens (tertiary/aromatic N) is 4. The Bertz CT molecular complexity index is 634. The second-order valence-corrected chi connectivity index (χ2v) is 4.63. The van der Waals surface area contributed by atoms with E-state index < -0.39 is 0 Å². The third-order valence-corrected chi connectivity index (χ3v) is 3.36. The molecule has 2 aromatic rings. The summed E-state index contributed by atoms with van der Waals surface area (Å²) < 4.78 is 8.20. The Balaban J connectivity index is 0.000000187. The van der Waals surface area contributed by atoms with Crippen molar-refractivity contribution >= 4 is 17.0 Å². The van der Waals surface area contributed by atoms with Gasteiger partial charge in [0.1, 0.15) is 11.8 Å². The summed E-state index contributed by atoms with van der Waals surface area (Å²) in [5.74, 6) is 0.749. The quantitative estimate of drug-likeness (QED) is 0.742. The van der Waals surface area contributed by atoms with Crippen LogP contribution in [0, 0.1) is 0 Å². The highest BCUT2D eigenvalue weighted by Gasteiger charge is 2.19. The van der Waals surface area contributed by atoms with E-state index in [0.29, 0.717) is 12.2 Å². The van der Waals surface area contributed by atoms with Gasteiger partial charge in [0.05, 0.1) is 0 Å². The fraction of sp³-hybridized carbons (Fsp3) is 0.583. The Kier molecular flexibility index (Phi) is 3.20. The molecule has 0 atom stereocenters. The maximum atomic E-state index is 11.7. The fourth-order valence-corrected chi connectivity index (χ4v) is 2.36. The van der Waals surface area contributed by atoms with E-state index >= 15 is 0 Å². The molecule has 2 aliphatic heterocycles. The van der Waals surface area contributed by atoms with Crippen LogP contribution in [0.15, 0.2) is 11.1 Å². The number of aromatic nitrogens is 4. The van der Waals surface area contributed by atoms with Gasteiger partial charge in [0.15, 0.2) is 11.5 Å². The minimum atomic E-state index is -0.0248. The maximum Gasteiger partial charge on any atom is 0.330 e. The summed E-state index contributed by atoms with van der Waals surface area (Å²) in [6.07, 6.45) is 4.03.